The van der Waals surface area contributed by atoms with Gasteiger partial charge in [0.15, 0.2) is 11.5 Å². The zero-order valence-corrected chi connectivity index (χ0v) is 14.6. The third-order valence-electron chi connectivity index (χ3n) is 3.85. The van der Waals surface area contributed by atoms with Crippen molar-refractivity contribution < 1.29 is 19.3 Å². The number of nitrogens with one attached hydrogen (secondary N) is 1. The molecule has 0 radical (unpaired) electrons. The van der Waals surface area contributed by atoms with Crippen molar-refractivity contribution in [2.24, 2.45) is 0 Å². The van der Waals surface area contributed by atoms with Gasteiger partial charge in [-0.15, -0.1) is 12.4 Å². The SMILES string of the molecule is COc1cc(CNCC(O)c2ccc(C)cc2)cc2c1OCO2.Cl. The molecule has 1 aliphatic rings. The standard InChI is InChI=1S/C18H21NO4.ClH/c1-12-3-5-14(6-4-12)15(20)10-19-9-13-7-16(21-2)18-17(8-13)22-11-23-18;/h3-8,15,19-20H,9-11H2,1-2H3;1H. The van der Waals surface area contributed by atoms with Crippen LogP contribution in [0, 0.1) is 6.92 Å². The zero-order valence-electron chi connectivity index (χ0n) is 13.7. The van der Waals surface area contributed by atoms with Crippen LogP contribution in [0.4, 0.5) is 0 Å². The van der Waals surface area contributed by atoms with Gasteiger partial charge in [-0.05, 0) is 30.2 Å². The number of benzene rings is 2. The van der Waals surface area contributed by atoms with Crippen molar-refractivity contribution >= 4 is 12.4 Å². The Kier molecular flexibility index (Phi) is 6.31. The first-order valence-corrected chi connectivity index (χ1v) is 7.59. The molecule has 0 amide bonds. The second-order valence-corrected chi connectivity index (χ2v) is 5.59. The van der Waals surface area contributed by atoms with Gasteiger partial charge in [-0.3, -0.25) is 0 Å². The highest BCUT2D eigenvalue weighted by Gasteiger charge is 2.20. The normalized spacial score (nSPS) is 13.3. The smallest absolute Gasteiger partial charge is 0.231 e. The second kappa shape index (κ2) is 8.24. The summed E-state index contributed by atoms with van der Waals surface area (Å²) in [5.41, 5.74) is 3.11. The van der Waals surface area contributed by atoms with E-state index in [0.29, 0.717) is 30.3 Å². The number of hydrogen-bond donors (Lipinski definition) is 2. The van der Waals surface area contributed by atoms with Gasteiger partial charge in [-0.1, -0.05) is 29.8 Å². The summed E-state index contributed by atoms with van der Waals surface area (Å²) in [4.78, 5) is 0. The first-order chi connectivity index (χ1) is 11.2. The molecule has 6 heteroatoms. The molecule has 0 bridgehead atoms. The van der Waals surface area contributed by atoms with Gasteiger partial charge in [0, 0.05) is 13.1 Å². The summed E-state index contributed by atoms with van der Waals surface area (Å²) < 4.78 is 16.1. The van der Waals surface area contributed by atoms with Crippen LogP contribution in [0.15, 0.2) is 36.4 Å². The summed E-state index contributed by atoms with van der Waals surface area (Å²) in [6, 6.07) is 11.7. The summed E-state index contributed by atoms with van der Waals surface area (Å²) in [5.74, 6) is 2.01. The average molecular weight is 352 g/mol. The number of halogens is 1. The van der Waals surface area contributed by atoms with Gasteiger partial charge < -0.3 is 24.6 Å². The van der Waals surface area contributed by atoms with Gasteiger partial charge in [0.25, 0.3) is 0 Å². The fraction of sp³-hybridized carbons (Fsp3) is 0.333. The van der Waals surface area contributed by atoms with E-state index in [0.717, 1.165) is 11.1 Å². The molecule has 2 aromatic carbocycles. The van der Waals surface area contributed by atoms with Crippen LogP contribution in [0.5, 0.6) is 17.2 Å². The number of ether oxygens (including phenoxy) is 3. The van der Waals surface area contributed by atoms with E-state index >= 15 is 0 Å². The Balaban J connectivity index is 0.00000208. The van der Waals surface area contributed by atoms with E-state index in [4.69, 9.17) is 14.2 Å². The molecule has 24 heavy (non-hydrogen) atoms. The fourth-order valence-corrected chi connectivity index (χ4v) is 2.55. The van der Waals surface area contributed by atoms with Crippen LogP contribution in [0.1, 0.15) is 22.8 Å². The van der Waals surface area contributed by atoms with Gasteiger partial charge in [0.2, 0.25) is 12.5 Å². The van der Waals surface area contributed by atoms with Crippen LogP contribution in [0.25, 0.3) is 0 Å². The van der Waals surface area contributed by atoms with Crippen LogP contribution >= 0.6 is 12.4 Å². The molecule has 0 aliphatic carbocycles. The van der Waals surface area contributed by atoms with Crippen LogP contribution in [-0.2, 0) is 6.54 Å². The van der Waals surface area contributed by atoms with Crippen LogP contribution < -0.4 is 19.5 Å². The Hall–Kier alpha value is -1.95. The minimum Gasteiger partial charge on any atom is -0.493 e. The molecule has 0 saturated heterocycles. The molecule has 1 unspecified atom stereocenters. The minimum absolute atomic E-state index is 0. The molecule has 2 N–H and O–H groups in total. The monoisotopic (exact) mass is 351 g/mol. The molecular weight excluding hydrogens is 330 g/mol. The second-order valence-electron chi connectivity index (χ2n) is 5.59. The molecule has 3 rings (SSSR count). The van der Waals surface area contributed by atoms with E-state index in [1.54, 1.807) is 7.11 Å². The molecule has 5 nitrogen and oxygen atoms in total. The van der Waals surface area contributed by atoms with Crippen molar-refractivity contribution in [2.45, 2.75) is 19.6 Å². The summed E-state index contributed by atoms with van der Waals surface area (Å²) >= 11 is 0. The van der Waals surface area contributed by atoms with E-state index in [1.165, 1.54) is 5.56 Å². The van der Waals surface area contributed by atoms with Crippen molar-refractivity contribution in [3.05, 3.63) is 53.1 Å². The van der Waals surface area contributed by atoms with E-state index in [1.807, 2.05) is 43.3 Å². The molecule has 130 valence electrons. The van der Waals surface area contributed by atoms with Crippen molar-refractivity contribution in [2.75, 3.05) is 20.4 Å². The summed E-state index contributed by atoms with van der Waals surface area (Å²) in [6.07, 6.45) is -0.536. The maximum atomic E-state index is 10.2. The fourth-order valence-electron chi connectivity index (χ4n) is 2.55. The predicted octanol–water partition coefficient (Wildman–Crippen LogP) is 2.98. The molecular formula is C18H22ClNO4. The topological polar surface area (TPSA) is 60.0 Å². The molecule has 1 atom stereocenters. The Labute approximate surface area is 148 Å². The van der Waals surface area contributed by atoms with Crippen molar-refractivity contribution in [3.63, 3.8) is 0 Å². The van der Waals surface area contributed by atoms with Gasteiger partial charge in [-0.2, -0.15) is 0 Å². The van der Waals surface area contributed by atoms with Gasteiger partial charge in [0.05, 0.1) is 13.2 Å². The van der Waals surface area contributed by atoms with E-state index < -0.39 is 6.10 Å². The van der Waals surface area contributed by atoms with E-state index in [-0.39, 0.29) is 19.2 Å². The molecule has 2 aromatic rings. The first-order valence-electron chi connectivity index (χ1n) is 7.59. The number of fused-ring (bicyclic) bond motifs is 1. The minimum atomic E-state index is -0.536. The number of hydrogen-bond acceptors (Lipinski definition) is 5. The average Bonchev–Trinajstić information content (AvgIpc) is 3.03. The Morgan fingerprint density at radius 3 is 2.67 bits per heavy atom. The van der Waals surface area contributed by atoms with Crippen LogP contribution in [0.2, 0.25) is 0 Å². The third-order valence-corrected chi connectivity index (χ3v) is 3.85. The lowest BCUT2D eigenvalue weighted by molar-refractivity contribution is 0.171. The van der Waals surface area contributed by atoms with Crippen molar-refractivity contribution in [3.8, 4) is 17.2 Å². The molecule has 0 saturated carbocycles. The third kappa shape index (κ3) is 4.12. The zero-order chi connectivity index (χ0) is 16.2. The highest BCUT2D eigenvalue weighted by molar-refractivity contribution is 5.85. The highest BCUT2D eigenvalue weighted by Crippen LogP contribution is 2.41. The number of rotatable bonds is 6. The molecule has 1 heterocycles. The van der Waals surface area contributed by atoms with Crippen molar-refractivity contribution in [1.82, 2.24) is 5.32 Å². The first kappa shape index (κ1) is 18.4. The van der Waals surface area contributed by atoms with Gasteiger partial charge in [-0.25, -0.2) is 0 Å². The Morgan fingerprint density at radius 1 is 1.21 bits per heavy atom. The lowest BCUT2D eigenvalue weighted by atomic mass is 10.1. The number of aliphatic hydroxyl groups excluding tert-OH is 1. The quantitative estimate of drug-likeness (QED) is 0.837. The Bertz CT molecular complexity index is 675. The predicted molar refractivity (Wildman–Crippen MR) is 94.2 cm³/mol. The molecule has 0 aromatic heterocycles. The largest absolute Gasteiger partial charge is 0.493 e. The van der Waals surface area contributed by atoms with Crippen LogP contribution in [0.3, 0.4) is 0 Å². The molecule has 0 fully saturated rings. The molecule has 0 spiro atoms. The maximum absolute atomic E-state index is 10.2. The molecule has 1 aliphatic heterocycles. The number of aryl methyl sites for hydroxylation is 1. The summed E-state index contributed by atoms with van der Waals surface area (Å²) in [7, 11) is 1.61. The van der Waals surface area contributed by atoms with E-state index in [2.05, 4.69) is 5.32 Å². The summed E-state index contributed by atoms with van der Waals surface area (Å²) in [6.45, 7) is 3.33. The maximum Gasteiger partial charge on any atom is 0.231 e. The lowest BCUT2D eigenvalue weighted by Gasteiger charge is -2.13. The van der Waals surface area contributed by atoms with Crippen molar-refractivity contribution in [1.29, 1.82) is 0 Å². The van der Waals surface area contributed by atoms with Gasteiger partial charge >= 0.3 is 0 Å². The van der Waals surface area contributed by atoms with Crippen LogP contribution in [-0.4, -0.2) is 25.6 Å². The Morgan fingerprint density at radius 2 is 1.96 bits per heavy atom. The van der Waals surface area contributed by atoms with Gasteiger partial charge in [0.1, 0.15) is 0 Å². The van der Waals surface area contributed by atoms with E-state index in [9.17, 15) is 5.11 Å². The number of aliphatic hydroxyl groups is 1. The number of methoxy groups -OCH3 is 1. The lowest BCUT2D eigenvalue weighted by Crippen LogP contribution is -2.21. The summed E-state index contributed by atoms with van der Waals surface area (Å²) in [5, 5.41) is 13.5. The highest BCUT2D eigenvalue weighted by atomic mass is 35.5.